The number of aldehydes is 1. The number of carbonyl (C=O) groups is 1. The number of carbonyl (C=O) groups excluding carboxylic acids is 1. The Kier molecular flexibility index (Phi) is 3.62. The summed E-state index contributed by atoms with van der Waals surface area (Å²) in [5.41, 5.74) is -2.02. The molecule has 1 aromatic heterocycles. The lowest BCUT2D eigenvalue weighted by molar-refractivity contribution is -0.0555. The van der Waals surface area contributed by atoms with Gasteiger partial charge in [0.15, 0.2) is 12.5 Å². The van der Waals surface area contributed by atoms with Crippen LogP contribution in [0.25, 0.3) is 0 Å². The van der Waals surface area contributed by atoms with Crippen molar-refractivity contribution in [3.63, 3.8) is 0 Å². The van der Waals surface area contributed by atoms with Crippen molar-refractivity contribution in [3.05, 3.63) is 32.6 Å². The Balaban J connectivity index is 2.51. The normalized spacial score (nSPS) is 30.5. The van der Waals surface area contributed by atoms with E-state index in [-0.39, 0.29) is 12.0 Å². The van der Waals surface area contributed by atoms with Crippen molar-refractivity contribution in [3.8, 4) is 0 Å². The van der Waals surface area contributed by atoms with Gasteiger partial charge < -0.3 is 20.1 Å². The fourth-order valence-electron chi connectivity index (χ4n) is 1.97. The molecule has 2 heterocycles. The molecular weight excluding hydrogens is 260 g/mol. The predicted molar refractivity (Wildman–Crippen MR) is 59.7 cm³/mol. The Morgan fingerprint density at radius 3 is 2.58 bits per heavy atom. The molecule has 0 bridgehead atoms. The van der Waals surface area contributed by atoms with E-state index in [4.69, 9.17) is 9.84 Å². The van der Waals surface area contributed by atoms with E-state index in [1.807, 2.05) is 4.98 Å². The topological polar surface area (TPSA) is 142 Å². The van der Waals surface area contributed by atoms with Crippen LogP contribution in [0.3, 0.4) is 0 Å². The number of hydrogen-bond acceptors (Lipinski definition) is 7. The van der Waals surface area contributed by atoms with Crippen molar-refractivity contribution in [1.29, 1.82) is 0 Å². The summed E-state index contributed by atoms with van der Waals surface area (Å²) in [6.07, 6.45) is -5.12. The lowest BCUT2D eigenvalue weighted by Crippen LogP contribution is -2.39. The third-order valence-electron chi connectivity index (χ3n) is 2.90. The maximum absolute atomic E-state index is 11.7. The number of aromatic nitrogens is 2. The molecule has 1 fully saturated rings. The zero-order chi connectivity index (χ0) is 14.2. The molecule has 0 aromatic carbocycles. The molecule has 1 aromatic rings. The van der Waals surface area contributed by atoms with Crippen LogP contribution in [0.5, 0.6) is 0 Å². The minimum atomic E-state index is -1.51. The van der Waals surface area contributed by atoms with Crippen LogP contribution in [0.1, 0.15) is 16.7 Å². The Labute approximate surface area is 105 Å². The first kappa shape index (κ1) is 13.6. The van der Waals surface area contributed by atoms with Gasteiger partial charge in [-0.3, -0.25) is 19.1 Å². The first-order valence-electron chi connectivity index (χ1n) is 5.43. The molecule has 9 heteroatoms. The molecule has 0 aliphatic carbocycles. The number of hydrogen-bond donors (Lipinski definition) is 4. The van der Waals surface area contributed by atoms with E-state index in [0.29, 0.717) is 0 Å². The fourth-order valence-corrected chi connectivity index (χ4v) is 1.97. The van der Waals surface area contributed by atoms with Crippen molar-refractivity contribution in [2.45, 2.75) is 24.5 Å². The van der Waals surface area contributed by atoms with E-state index in [0.717, 1.165) is 10.6 Å². The monoisotopic (exact) mass is 272 g/mol. The van der Waals surface area contributed by atoms with Gasteiger partial charge in [-0.1, -0.05) is 0 Å². The number of ether oxygens (including phenoxy) is 1. The minimum Gasteiger partial charge on any atom is -0.394 e. The first-order chi connectivity index (χ1) is 8.99. The van der Waals surface area contributed by atoms with Gasteiger partial charge in [0.25, 0.3) is 5.56 Å². The second-order valence-electron chi connectivity index (χ2n) is 4.08. The van der Waals surface area contributed by atoms with Crippen molar-refractivity contribution < 1.29 is 24.9 Å². The van der Waals surface area contributed by atoms with Crippen LogP contribution in [0.2, 0.25) is 0 Å². The minimum absolute atomic E-state index is 0.255. The van der Waals surface area contributed by atoms with Gasteiger partial charge in [0.05, 0.1) is 12.3 Å². The Morgan fingerprint density at radius 2 is 2.05 bits per heavy atom. The van der Waals surface area contributed by atoms with Gasteiger partial charge >= 0.3 is 5.69 Å². The van der Waals surface area contributed by atoms with E-state index in [1.54, 1.807) is 0 Å². The second kappa shape index (κ2) is 5.05. The third kappa shape index (κ3) is 2.24. The molecule has 9 nitrogen and oxygen atoms in total. The summed E-state index contributed by atoms with van der Waals surface area (Å²) in [5.74, 6) is 0. The molecule has 0 radical (unpaired) electrons. The molecule has 1 aliphatic rings. The average Bonchev–Trinajstić information content (AvgIpc) is 2.65. The smallest absolute Gasteiger partial charge is 0.331 e. The zero-order valence-corrected chi connectivity index (χ0v) is 9.59. The highest BCUT2D eigenvalue weighted by Gasteiger charge is 2.44. The maximum atomic E-state index is 11.7. The number of nitrogens with zero attached hydrogens (tertiary/aromatic N) is 1. The molecular formula is C10H12N2O7. The van der Waals surface area contributed by atoms with Crippen LogP contribution >= 0.6 is 0 Å². The SMILES string of the molecule is O=Cc1cc(=O)[nH]c(=O)n1[C@@H]1O[C@H](CO)[C@@H](O)[C@H]1O. The van der Waals surface area contributed by atoms with Gasteiger partial charge in [0.1, 0.15) is 18.3 Å². The van der Waals surface area contributed by atoms with Crippen molar-refractivity contribution in [2.75, 3.05) is 6.61 Å². The Hall–Kier alpha value is -1.81. The number of aromatic amines is 1. The highest BCUT2D eigenvalue weighted by atomic mass is 16.6. The standard InChI is InChI=1S/C10H12N2O7/c13-2-4-1-6(15)11-10(18)12(4)9-8(17)7(16)5(3-14)19-9/h1-2,5,7-9,14,16-17H,3H2,(H,11,15,18)/t5-,7-,8-,9-/m1/s1. The summed E-state index contributed by atoms with van der Waals surface area (Å²) >= 11 is 0. The second-order valence-corrected chi connectivity index (χ2v) is 4.08. The summed E-state index contributed by atoms with van der Waals surface area (Å²) in [5, 5.41) is 28.3. The highest BCUT2D eigenvalue weighted by Crippen LogP contribution is 2.28. The van der Waals surface area contributed by atoms with E-state index >= 15 is 0 Å². The van der Waals surface area contributed by atoms with Gasteiger partial charge in [-0.25, -0.2) is 4.79 Å². The molecule has 19 heavy (non-hydrogen) atoms. The number of aliphatic hydroxyl groups excluding tert-OH is 3. The van der Waals surface area contributed by atoms with Crippen LogP contribution in [-0.4, -0.2) is 56.1 Å². The van der Waals surface area contributed by atoms with Gasteiger partial charge in [0, 0.05) is 6.07 Å². The highest BCUT2D eigenvalue weighted by molar-refractivity contribution is 5.71. The number of nitrogens with one attached hydrogen (secondary N) is 1. The summed E-state index contributed by atoms with van der Waals surface area (Å²) in [6, 6.07) is 0.864. The molecule has 1 aliphatic heterocycles. The predicted octanol–water partition coefficient (Wildman–Crippen LogP) is -3.04. The fraction of sp³-hybridized carbons (Fsp3) is 0.500. The number of aliphatic hydroxyl groups is 3. The molecule has 0 saturated carbocycles. The van der Waals surface area contributed by atoms with E-state index in [2.05, 4.69) is 0 Å². The van der Waals surface area contributed by atoms with Gasteiger partial charge in [0.2, 0.25) is 0 Å². The largest absolute Gasteiger partial charge is 0.394 e. The maximum Gasteiger partial charge on any atom is 0.331 e. The molecule has 4 atom stereocenters. The average molecular weight is 272 g/mol. The van der Waals surface area contributed by atoms with Crippen LogP contribution in [-0.2, 0) is 4.74 Å². The molecule has 0 amide bonds. The number of H-pyrrole nitrogens is 1. The van der Waals surface area contributed by atoms with E-state index in [1.165, 1.54) is 0 Å². The van der Waals surface area contributed by atoms with E-state index in [9.17, 15) is 24.6 Å². The van der Waals surface area contributed by atoms with Gasteiger partial charge in [-0.15, -0.1) is 0 Å². The van der Waals surface area contributed by atoms with Gasteiger partial charge in [-0.2, -0.15) is 0 Å². The Morgan fingerprint density at radius 1 is 1.37 bits per heavy atom. The van der Waals surface area contributed by atoms with Crippen molar-refractivity contribution in [2.24, 2.45) is 0 Å². The summed E-state index contributed by atoms with van der Waals surface area (Å²) < 4.78 is 5.84. The van der Waals surface area contributed by atoms with Crippen LogP contribution in [0.15, 0.2) is 15.7 Å². The summed E-state index contributed by atoms with van der Waals surface area (Å²) in [6.45, 7) is -0.566. The van der Waals surface area contributed by atoms with E-state index < -0.39 is 42.4 Å². The molecule has 0 unspecified atom stereocenters. The third-order valence-corrected chi connectivity index (χ3v) is 2.90. The molecule has 104 valence electrons. The zero-order valence-electron chi connectivity index (χ0n) is 9.59. The Bertz CT molecular complexity index is 592. The molecule has 1 saturated heterocycles. The van der Waals surface area contributed by atoms with Crippen LogP contribution in [0, 0.1) is 0 Å². The molecule has 2 rings (SSSR count). The first-order valence-corrected chi connectivity index (χ1v) is 5.43. The van der Waals surface area contributed by atoms with Crippen molar-refractivity contribution >= 4 is 6.29 Å². The molecule has 4 N–H and O–H groups in total. The van der Waals surface area contributed by atoms with Gasteiger partial charge in [-0.05, 0) is 0 Å². The van der Waals surface area contributed by atoms with Crippen LogP contribution in [0.4, 0.5) is 0 Å². The lowest BCUT2D eigenvalue weighted by Gasteiger charge is -2.18. The quantitative estimate of drug-likeness (QED) is 0.428. The number of rotatable bonds is 3. The van der Waals surface area contributed by atoms with Crippen molar-refractivity contribution in [1.82, 2.24) is 9.55 Å². The molecule has 0 spiro atoms. The summed E-state index contributed by atoms with van der Waals surface area (Å²) in [4.78, 5) is 35.5. The lowest BCUT2D eigenvalue weighted by atomic mass is 10.1. The summed E-state index contributed by atoms with van der Waals surface area (Å²) in [7, 11) is 0. The van der Waals surface area contributed by atoms with Crippen LogP contribution < -0.4 is 11.2 Å².